The molecule has 23 heavy (non-hydrogen) atoms. The highest BCUT2D eigenvalue weighted by Gasteiger charge is 2.40. The normalized spacial score (nSPS) is 27.2. The van der Waals surface area contributed by atoms with Crippen molar-refractivity contribution in [1.29, 1.82) is 0 Å². The van der Waals surface area contributed by atoms with E-state index in [-0.39, 0.29) is 11.9 Å². The molecule has 4 atom stereocenters. The van der Waals surface area contributed by atoms with Crippen LogP contribution >= 0.6 is 0 Å². The first-order valence-electron chi connectivity index (χ1n) is 8.94. The molecule has 0 saturated heterocycles. The van der Waals surface area contributed by atoms with E-state index in [0.717, 1.165) is 12.8 Å². The number of amides is 1. The molecule has 4 N–H and O–H groups in total. The van der Waals surface area contributed by atoms with Crippen molar-refractivity contribution in [3.05, 3.63) is 35.9 Å². The predicted octanol–water partition coefficient (Wildman–Crippen LogP) is 2.32. The Morgan fingerprint density at radius 2 is 1.91 bits per heavy atom. The van der Waals surface area contributed by atoms with Crippen LogP contribution in [0.4, 0.5) is 0 Å². The molecule has 0 radical (unpaired) electrons. The molecule has 2 aliphatic rings. The van der Waals surface area contributed by atoms with Crippen molar-refractivity contribution in [2.75, 3.05) is 0 Å². The molecule has 1 amide bonds. The summed E-state index contributed by atoms with van der Waals surface area (Å²) in [6.07, 6.45) is 6.77. The van der Waals surface area contributed by atoms with E-state index in [9.17, 15) is 9.90 Å². The lowest BCUT2D eigenvalue weighted by Gasteiger charge is -2.26. The van der Waals surface area contributed by atoms with Crippen molar-refractivity contribution in [2.45, 2.75) is 69.1 Å². The molecule has 0 aromatic heterocycles. The van der Waals surface area contributed by atoms with Gasteiger partial charge in [0.15, 0.2) is 0 Å². The van der Waals surface area contributed by atoms with Gasteiger partial charge >= 0.3 is 0 Å². The maximum atomic E-state index is 12.2. The van der Waals surface area contributed by atoms with Crippen LogP contribution in [0.5, 0.6) is 0 Å². The van der Waals surface area contributed by atoms with Crippen molar-refractivity contribution in [3.63, 3.8) is 0 Å². The molecule has 4 heteroatoms. The van der Waals surface area contributed by atoms with Crippen molar-refractivity contribution < 1.29 is 9.90 Å². The van der Waals surface area contributed by atoms with E-state index in [1.165, 1.54) is 37.7 Å². The van der Waals surface area contributed by atoms with Gasteiger partial charge in [0.1, 0.15) is 6.10 Å². The maximum absolute atomic E-state index is 12.2. The third-order valence-electron chi connectivity index (χ3n) is 5.35. The first kappa shape index (κ1) is 16.5. The molecule has 4 nitrogen and oxygen atoms in total. The molecule has 2 fully saturated rings. The summed E-state index contributed by atoms with van der Waals surface area (Å²) in [6.45, 7) is 0. The van der Waals surface area contributed by atoms with Crippen LogP contribution in [-0.4, -0.2) is 29.2 Å². The van der Waals surface area contributed by atoms with Crippen LogP contribution < -0.4 is 11.1 Å². The first-order valence-corrected chi connectivity index (χ1v) is 8.94. The molecule has 0 spiro atoms. The number of aliphatic hydroxyl groups is 1. The zero-order valence-corrected chi connectivity index (χ0v) is 13.7. The minimum absolute atomic E-state index is 0.140. The summed E-state index contributed by atoms with van der Waals surface area (Å²) in [5.74, 6) is 0.637. The number of carbonyl (C=O) groups excluding carboxylic acids is 1. The zero-order valence-electron chi connectivity index (χ0n) is 13.7. The molecule has 1 unspecified atom stereocenters. The average Bonchev–Trinajstić information content (AvgIpc) is 3.35. The smallest absolute Gasteiger partial charge is 0.250 e. The molecule has 1 aromatic carbocycles. The van der Waals surface area contributed by atoms with Gasteiger partial charge in [0.2, 0.25) is 0 Å². The zero-order chi connectivity index (χ0) is 16.2. The van der Waals surface area contributed by atoms with Crippen LogP contribution in [0.2, 0.25) is 0 Å². The van der Waals surface area contributed by atoms with Gasteiger partial charge in [0, 0.05) is 18.0 Å². The number of benzene rings is 1. The van der Waals surface area contributed by atoms with Gasteiger partial charge in [-0.05, 0) is 24.3 Å². The predicted molar refractivity (Wildman–Crippen MR) is 90.9 cm³/mol. The van der Waals surface area contributed by atoms with Gasteiger partial charge in [-0.1, -0.05) is 62.4 Å². The van der Waals surface area contributed by atoms with Crippen LogP contribution in [0.1, 0.15) is 56.4 Å². The average molecular weight is 316 g/mol. The Bertz CT molecular complexity index is 513. The molecule has 0 aliphatic heterocycles. The molecule has 2 aliphatic carbocycles. The third-order valence-corrected chi connectivity index (χ3v) is 5.35. The van der Waals surface area contributed by atoms with Crippen LogP contribution in [0.3, 0.4) is 0 Å². The highest BCUT2D eigenvalue weighted by atomic mass is 16.3. The molecule has 0 bridgehead atoms. The minimum Gasteiger partial charge on any atom is -0.382 e. The third kappa shape index (κ3) is 4.33. The van der Waals surface area contributed by atoms with Gasteiger partial charge in [-0.2, -0.15) is 0 Å². The van der Waals surface area contributed by atoms with Crippen molar-refractivity contribution in [3.8, 4) is 0 Å². The topological polar surface area (TPSA) is 75.3 Å². The molecule has 3 rings (SSSR count). The number of carbonyl (C=O) groups is 1. The van der Waals surface area contributed by atoms with Crippen LogP contribution in [0.25, 0.3) is 0 Å². The lowest BCUT2D eigenvalue weighted by molar-refractivity contribution is -0.130. The molecule has 126 valence electrons. The second-order valence-corrected chi connectivity index (χ2v) is 7.22. The fourth-order valence-corrected chi connectivity index (χ4v) is 3.82. The van der Waals surface area contributed by atoms with Crippen LogP contribution in [-0.2, 0) is 4.79 Å². The van der Waals surface area contributed by atoms with E-state index in [1.54, 1.807) is 0 Å². The van der Waals surface area contributed by atoms with Gasteiger partial charge in [-0.25, -0.2) is 0 Å². The summed E-state index contributed by atoms with van der Waals surface area (Å²) in [5, 5.41) is 13.2. The van der Waals surface area contributed by atoms with E-state index >= 15 is 0 Å². The summed E-state index contributed by atoms with van der Waals surface area (Å²) in [4.78, 5) is 12.2. The lowest BCUT2D eigenvalue weighted by Crippen LogP contribution is -2.48. The van der Waals surface area contributed by atoms with E-state index in [1.807, 2.05) is 18.2 Å². The Hall–Kier alpha value is -1.39. The van der Waals surface area contributed by atoms with E-state index in [4.69, 9.17) is 5.73 Å². The second-order valence-electron chi connectivity index (χ2n) is 7.22. The van der Waals surface area contributed by atoms with E-state index in [0.29, 0.717) is 11.8 Å². The van der Waals surface area contributed by atoms with E-state index in [2.05, 4.69) is 17.4 Å². The van der Waals surface area contributed by atoms with Crippen LogP contribution in [0, 0.1) is 5.92 Å². The highest BCUT2D eigenvalue weighted by molar-refractivity contribution is 5.82. The Kier molecular flexibility index (Phi) is 5.34. The van der Waals surface area contributed by atoms with Gasteiger partial charge < -0.3 is 16.2 Å². The Morgan fingerprint density at radius 3 is 2.61 bits per heavy atom. The number of rotatable bonds is 6. The molecule has 2 saturated carbocycles. The lowest BCUT2D eigenvalue weighted by atomic mass is 9.84. The summed E-state index contributed by atoms with van der Waals surface area (Å²) < 4.78 is 0. The molecule has 0 heterocycles. The summed E-state index contributed by atoms with van der Waals surface area (Å²) in [6, 6.07) is 9.88. The molecular formula is C19H28N2O2. The Balaban J connectivity index is 1.44. The number of nitrogens with one attached hydrogen (secondary N) is 1. The number of nitrogens with two attached hydrogens (primary N) is 1. The van der Waals surface area contributed by atoms with Crippen LogP contribution in [0.15, 0.2) is 30.3 Å². The van der Waals surface area contributed by atoms with Crippen molar-refractivity contribution in [1.82, 2.24) is 5.32 Å². The first-order chi connectivity index (χ1) is 11.1. The van der Waals surface area contributed by atoms with Crippen molar-refractivity contribution >= 4 is 5.91 Å². The summed E-state index contributed by atoms with van der Waals surface area (Å²) >= 11 is 0. The van der Waals surface area contributed by atoms with E-state index < -0.39 is 12.1 Å². The van der Waals surface area contributed by atoms with Gasteiger partial charge in [0.05, 0.1) is 0 Å². The Morgan fingerprint density at radius 1 is 1.22 bits per heavy atom. The fourth-order valence-electron chi connectivity index (χ4n) is 3.82. The Labute approximate surface area is 138 Å². The highest BCUT2D eigenvalue weighted by Crippen LogP contribution is 2.40. The van der Waals surface area contributed by atoms with Gasteiger partial charge in [-0.15, -0.1) is 0 Å². The monoisotopic (exact) mass is 316 g/mol. The standard InChI is InChI=1S/C19H28N2O2/c20-16(11-13-7-3-1-4-8-13)18(22)19(23)21-17-12-15(17)14-9-5-2-6-10-14/h2,5-6,9-10,13,15-18,22H,1,3-4,7-8,11-12,20H2,(H,21,23)/t15-,16-,17+,18?/m1/s1. The SMILES string of the molecule is N[C@H](CC1CCCCC1)C(O)C(=O)N[C@H]1C[C@@H]1c1ccccc1. The second kappa shape index (κ2) is 7.45. The van der Waals surface area contributed by atoms with Crippen molar-refractivity contribution in [2.24, 2.45) is 11.7 Å². The maximum Gasteiger partial charge on any atom is 0.250 e. The molecular weight excluding hydrogens is 288 g/mol. The summed E-state index contributed by atoms with van der Waals surface area (Å²) in [7, 11) is 0. The minimum atomic E-state index is -1.09. The molecule has 1 aromatic rings. The van der Waals surface area contributed by atoms with Gasteiger partial charge in [-0.3, -0.25) is 4.79 Å². The van der Waals surface area contributed by atoms with Gasteiger partial charge in [0.25, 0.3) is 5.91 Å². The summed E-state index contributed by atoms with van der Waals surface area (Å²) in [5.41, 5.74) is 7.33. The largest absolute Gasteiger partial charge is 0.382 e. The fraction of sp³-hybridized carbons (Fsp3) is 0.632. The quantitative estimate of drug-likeness (QED) is 0.754. The number of hydrogen-bond donors (Lipinski definition) is 3. The number of hydrogen-bond acceptors (Lipinski definition) is 3. The number of aliphatic hydroxyl groups excluding tert-OH is 1.